The van der Waals surface area contributed by atoms with Gasteiger partial charge in [0, 0.05) is 34.4 Å². The van der Waals surface area contributed by atoms with Crippen LogP contribution in [0.1, 0.15) is 41.7 Å². The normalized spacial score (nSPS) is 10.9. The third-order valence-electron chi connectivity index (χ3n) is 3.45. The molecule has 4 heteroatoms. The Balaban J connectivity index is 2.15. The molecule has 0 unspecified atom stereocenters. The van der Waals surface area contributed by atoms with Crippen molar-refractivity contribution in [1.82, 2.24) is 15.3 Å². The number of halogens is 1. The van der Waals surface area contributed by atoms with Gasteiger partial charge >= 0.3 is 0 Å². The number of hydrogen-bond acceptors (Lipinski definition) is 3. The highest BCUT2D eigenvalue weighted by Crippen LogP contribution is 2.16. The number of nitrogens with zero attached hydrogens (tertiary/aromatic N) is 2. The summed E-state index contributed by atoms with van der Waals surface area (Å²) in [4.78, 5) is 9.34. The fraction of sp³-hybridized carbons (Fsp3) is 0.412. The molecule has 0 bridgehead atoms. The van der Waals surface area contributed by atoms with Gasteiger partial charge < -0.3 is 5.32 Å². The Kier molecular flexibility index (Phi) is 5.88. The van der Waals surface area contributed by atoms with E-state index in [0.717, 1.165) is 47.6 Å². The minimum atomic E-state index is 0.768. The summed E-state index contributed by atoms with van der Waals surface area (Å²) in [7, 11) is 0. The lowest BCUT2D eigenvalue weighted by Gasteiger charge is -2.11. The summed E-state index contributed by atoms with van der Waals surface area (Å²) in [5.74, 6) is 0.891. The first-order chi connectivity index (χ1) is 10.1. The van der Waals surface area contributed by atoms with E-state index in [1.165, 1.54) is 11.1 Å². The van der Waals surface area contributed by atoms with Gasteiger partial charge in [-0.3, -0.25) is 0 Å². The summed E-state index contributed by atoms with van der Waals surface area (Å²) in [6, 6.07) is 8.30. The number of rotatable bonds is 6. The Labute approximate surface area is 135 Å². The van der Waals surface area contributed by atoms with Gasteiger partial charge in [-0.1, -0.05) is 35.0 Å². The maximum atomic E-state index is 4.67. The van der Waals surface area contributed by atoms with Crippen molar-refractivity contribution < 1.29 is 0 Å². The van der Waals surface area contributed by atoms with Gasteiger partial charge in [0.05, 0.1) is 0 Å². The average molecular weight is 348 g/mol. The van der Waals surface area contributed by atoms with Crippen molar-refractivity contribution >= 4 is 15.9 Å². The van der Waals surface area contributed by atoms with Crippen LogP contribution in [0.2, 0.25) is 0 Å². The first-order valence-corrected chi connectivity index (χ1v) is 8.17. The second-order valence-electron chi connectivity index (χ2n) is 5.27. The van der Waals surface area contributed by atoms with Gasteiger partial charge in [0.1, 0.15) is 5.82 Å². The molecule has 0 spiro atoms. The molecule has 0 atom stereocenters. The summed E-state index contributed by atoms with van der Waals surface area (Å²) in [5.41, 5.74) is 4.61. The molecule has 1 aromatic heterocycles. The van der Waals surface area contributed by atoms with Crippen LogP contribution >= 0.6 is 15.9 Å². The summed E-state index contributed by atoms with van der Waals surface area (Å²) >= 11 is 3.50. The summed E-state index contributed by atoms with van der Waals surface area (Å²) in [6.45, 7) is 8.19. The van der Waals surface area contributed by atoms with Crippen LogP contribution in [0.25, 0.3) is 0 Å². The van der Waals surface area contributed by atoms with Crippen molar-refractivity contribution in [2.45, 2.75) is 40.2 Å². The Morgan fingerprint density at radius 3 is 2.48 bits per heavy atom. The van der Waals surface area contributed by atoms with Crippen LogP contribution in [-0.4, -0.2) is 16.5 Å². The van der Waals surface area contributed by atoms with E-state index in [4.69, 9.17) is 0 Å². The standard InChI is InChI=1S/C17H22BrN3/c1-4-8-19-11-16-12(2)20-17(21-13(16)3)10-14-6-5-7-15(18)9-14/h5-7,9,19H,4,8,10-11H2,1-3H3. The van der Waals surface area contributed by atoms with E-state index in [-0.39, 0.29) is 0 Å². The van der Waals surface area contributed by atoms with Crippen LogP contribution in [0, 0.1) is 13.8 Å². The molecule has 0 saturated carbocycles. The Morgan fingerprint density at radius 1 is 1.14 bits per heavy atom. The molecule has 1 N–H and O–H groups in total. The van der Waals surface area contributed by atoms with Gasteiger partial charge in [-0.05, 0) is 44.5 Å². The summed E-state index contributed by atoms with van der Waals surface area (Å²) in [6.07, 6.45) is 1.91. The van der Waals surface area contributed by atoms with Crippen molar-refractivity contribution in [1.29, 1.82) is 0 Å². The molecule has 1 heterocycles. The van der Waals surface area contributed by atoms with E-state index in [9.17, 15) is 0 Å². The highest BCUT2D eigenvalue weighted by atomic mass is 79.9. The number of benzene rings is 1. The lowest BCUT2D eigenvalue weighted by molar-refractivity contribution is 0.662. The van der Waals surface area contributed by atoms with Crippen LogP contribution in [-0.2, 0) is 13.0 Å². The Bertz CT molecular complexity index is 588. The van der Waals surface area contributed by atoms with E-state index < -0.39 is 0 Å². The topological polar surface area (TPSA) is 37.8 Å². The molecule has 1 aromatic carbocycles. The zero-order valence-electron chi connectivity index (χ0n) is 12.9. The summed E-state index contributed by atoms with van der Waals surface area (Å²) < 4.78 is 1.09. The van der Waals surface area contributed by atoms with Crippen molar-refractivity contribution in [2.24, 2.45) is 0 Å². The lowest BCUT2D eigenvalue weighted by Crippen LogP contribution is -2.17. The van der Waals surface area contributed by atoms with E-state index in [1.807, 2.05) is 12.1 Å². The second-order valence-corrected chi connectivity index (χ2v) is 6.19. The molecule has 3 nitrogen and oxygen atoms in total. The van der Waals surface area contributed by atoms with Crippen LogP contribution in [0.15, 0.2) is 28.7 Å². The van der Waals surface area contributed by atoms with Crippen LogP contribution in [0.4, 0.5) is 0 Å². The molecule has 0 fully saturated rings. The van der Waals surface area contributed by atoms with Crippen LogP contribution in [0.3, 0.4) is 0 Å². The molecule has 2 rings (SSSR count). The molecule has 0 aliphatic rings. The zero-order valence-corrected chi connectivity index (χ0v) is 14.5. The predicted octanol–water partition coefficient (Wildman–Crippen LogP) is 3.95. The molecular formula is C17H22BrN3. The van der Waals surface area contributed by atoms with Gasteiger partial charge in [0.2, 0.25) is 0 Å². The molecule has 2 aromatic rings. The minimum absolute atomic E-state index is 0.768. The maximum Gasteiger partial charge on any atom is 0.133 e. The quantitative estimate of drug-likeness (QED) is 0.804. The molecule has 0 saturated heterocycles. The van der Waals surface area contributed by atoms with Gasteiger partial charge in [-0.15, -0.1) is 0 Å². The Hall–Kier alpha value is -1.26. The van der Waals surface area contributed by atoms with Crippen molar-refractivity contribution in [3.05, 3.63) is 57.1 Å². The van der Waals surface area contributed by atoms with Gasteiger partial charge in [0.15, 0.2) is 0 Å². The first-order valence-electron chi connectivity index (χ1n) is 7.38. The number of aryl methyl sites for hydroxylation is 2. The molecule has 0 radical (unpaired) electrons. The van der Waals surface area contributed by atoms with Crippen molar-refractivity contribution in [2.75, 3.05) is 6.54 Å². The molecular weight excluding hydrogens is 326 g/mol. The van der Waals surface area contributed by atoms with E-state index in [0.29, 0.717) is 0 Å². The number of nitrogens with one attached hydrogen (secondary N) is 1. The maximum absolute atomic E-state index is 4.67. The molecule has 0 aliphatic carbocycles. The van der Waals surface area contributed by atoms with Crippen LogP contribution < -0.4 is 5.32 Å². The first kappa shape index (κ1) is 16.1. The third-order valence-corrected chi connectivity index (χ3v) is 3.94. The number of aromatic nitrogens is 2. The fourth-order valence-corrected chi connectivity index (χ4v) is 2.81. The summed E-state index contributed by atoms with van der Waals surface area (Å²) in [5, 5.41) is 3.42. The molecule has 0 amide bonds. The SMILES string of the molecule is CCCNCc1c(C)nc(Cc2cccc(Br)c2)nc1C. The number of hydrogen-bond donors (Lipinski definition) is 1. The fourth-order valence-electron chi connectivity index (χ4n) is 2.36. The average Bonchev–Trinajstić information content (AvgIpc) is 2.42. The van der Waals surface area contributed by atoms with Crippen molar-refractivity contribution in [3.63, 3.8) is 0 Å². The van der Waals surface area contributed by atoms with Gasteiger partial charge in [0.25, 0.3) is 0 Å². The Morgan fingerprint density at radius 2 is 1.86 bits per heavy atom. The van der Waals surface area contributed by atoms with E-state index >= 15 is 0 Å². The minimum Gasteiger partial charge on any atom is -0.313 e. The van der Waals surface area contributed by atoms with Gasteiger partial charge in [-0.2, -0.15) is 0 Å². The predicted molar refractivity (Wildman–Crippen MR) is 90.5 cm³/mol. The van der Waals surface area contributed by atoms with Gasteiger partial charge in [-0.25, -0.2) is 9.97 Å². The highest BCUT2D eigenvalue weighted by Gasteiger charge is 2.09. The lowest BCUT2D eigenvalue weighted by atomic mass is 10.1. The largest absolute Gasteiger partial charge is 0.313 e. The van der Waals surface area contributed by atoms with E-state index in [1.54, 1.807) is 0 Å². The van der Waals surface area contributed by atoms with Crippen molar-refractivity contribution in [3.8, 4) is 0 Å². The van der Waals surface area contributed by atoms with E-state index in [2.05, 4.69) is 64.1 Å². The molecule has 112 valence electrons. The monoisotopic (exact) mass is 347 g/mol. The highest BCUT2D eigenvalue weighted by molar-refractivity contribution is 9.10. The molecule has 0 aliphatic heterocycles. The second kappa shape index (κ2) is 7.66. The zero-order chi connectivity index (χ0) is 15.2. The third kappa shape index (κ3) is 4.61. The smallest absolute Gasteiger partial charge is 0.133 e. The molecule has 21 heavy (non-hydrogen) atoms. The van der Waals surface area contributed by atoms with Crippen LogP contribution in [0.5, 0.6) is 0 Å².